The fourth-order valence-corrected chi connectivity index (χ4v) is 0.798. The quantitative estimate of drug-likeness (QED) is 0.588. The minimum Gasteiger partial charge on any atom is -0.358 e. The Morgan fingerprint density at radius 3 is 2.50 bits per heavy atom. The van der Waals surface area contributed by atoms with Gasteiger partial charge in [-0.1, -0.05) is 0 Å². The SMILES string of the molecule is O=c1cc([N+](=O)[O-])[nH]c(C(F)F)c1F. The monoisotopic (exact) mass is 208 g/mol. The third kappa shape index (κ3) is 1.73. The Kier molecular flexibility index (Phi) is 2.54. The van der Waals surface area contributed by atoms with Crippen LogP contribution in [0, 0.1) is 15.9 Å². The molecule has 0 aliphatic rings. The molecule has 1 aromatic heterocycles. The predicted octanol–water partition coefficient (Wildman–Crippen LogP) is 1.36. The number of H-pyrrole nitrogens is 1. The molecule has 0 aliphatic heterocycles. The van der Waals surface area contributed by atoms with E-state index in [2.05, 4.69) is 0 Å². The number of nitro groups is 1. The van der Waals surface area contributed by atoms with Gasteiger partial charge < -0.3 is 10.1 Å². The molecule has 0 unspecified atom stereocenters. The van der Waals surface area contributed by atoms with Crippen molar-refractivity contribution in [3.63, 3.8) is 0 Å². The van der Waals surface area contributed by atoms with Gasteiger partial charge in [0.2, 0.25) is 16.9 Å². The van der Waals surface area contributed by atoms with Crippen LogP contribution in [0.3, 0.4) is 0 Å². The number of hydrogen-bond donors (Lipinski definition) is 1. The summed E-state index contributed by atoms with van der Waals surface area (Å²) in [5.41, 5.74) is -2.81. The molecule has 0 amide bonds. The predicted molar refractivity (Wildman–Crippen MR) is 38.6 cm³/mol. The van der Waals surface area contributed by atoms with Crippen molar-refractivity contribution in [1.29, 1.82) is 0 Å². The molecule has 0 bridgehead atoms. The van der Waals surface area contributed by atoms with E-state index < -0.39 is 34.1 Å². The van der Waals surface area contributed by atoms with E-state index in [1.807, 2.05) is 0 Å². The Balaban J connectivity index is 3.43. The van der Waals surface area contributed by atoms with Crippen molar-refractivity contribution in [2.75, 3.05) is 0 Å². The minimum absolute atomic E-state index is 0.307. The lowest BCUT2D eigenvalue weighted by Crippen LogP contribution is -2.13. The molecule has 0 saturated carbocycles. The number of rotatable bonds is 2. The van der Waals surface area contributed by atoms with Crippen LogP contribution in [-0.2, 0) is 0 Å². The second kappa shape index (κ2) is 3.48. The molecule has 0 fully saturated rings. The van der Waals surface area contributed by atoms with Crippen LogP contribution >= 0.6 is 0 Å². The first-order valence-corrected chi connectivity index (χ1v) is 3.28. The Morgan fingerprint density at radius 1 is 1.50 bits per heavy atom. The molecule has 0 aliphatic carbocycles. The smallest absolute Gasteiger partial charge is 0.325 e. The van der Waals surface area contributed by atoms with E-state index in [4.69, 9.17) is 0 Å². The molecule has 76 valence electrons. The highest BCUT2D eigenvalue weighted by molar-refractivity contribution is 5.23. The van der Waals surface area contributed by atoms with Crippen LogP contribution in [0.2, 0.25) is 0 Å². The van der Waals surface area contributed by atoms with E-state index in [1.165, 1.54) is 4.98 Å². The van der Waals surface area contributed by atoms with Crippen LogP contribution in [0.1, 0.15) is 12.1 Å². The molecule has 1 rings (SSSR count). The summed E-state index contributed by atoms with van der Waals surface area (Å²) >= 11 is 0. The van der Waals surface area contributed by atoms with Crippen LogP contribution in [-0.4, -0.2) is 9.91 Å². The summed E-state index contributed by atoms with van der Waals surface area (Å²) in [6, 6.07) is 0.307. The van der Waals surface area contributed by atoms with Crippen molar-refractivity contribution in [3.8, 4) is 0 Å². The highest BCUT2D eigenvalue weighted by atomic mass is 19.3. The standard InChI is InChI=1S/C6H3F3N2O3/c7-4-2(12)1-3(11(13)14)10-5(4)6(8)9/h1,6H,(H,10,12). The molecule has 1 aromatic rings. The van der Waals surface area contributed by atoms with Gasteiger partial charge in [-0.3, -0.25) is 4.79 Å². The van der Waals surface area contributed by atoms with Crippen molar-refractivity contribution in [1.82, 2.24) is 4.98 Å². The Labute approximate surface area is 74.3 Å². The van der Waals surface area contributed by atoms with Crippen molar-refractivity contribution in [2.45, 2.75) is 6.43 Å². The van der Waals surface area contributed by atoms with Crippen LogP contribution in [0.5, 0.6) is 0 Å². The number of aromatic nitrogens is 1. The third-order valence-corrected chi connectivity index (χ3v) is 1.40. The summed E-state index contributed by atoms with van der Waals surface area (Å²) in [4.78, 5) is 21.2. The topological polar surface area (TPSA) is 76.0 Å². The zero-order valence-corrected chi connectivity index (χ0v) is 6.46. The van der Waals surface area contributed by atoms with Gasteiger partial charge in [0.1, 0.15) is 0 Å². The van der Waals surface area contributed by atoms with Crippen LogP contribution in [0.15, 0.2) is 10.9 Å². The number of nitrogens with zero attached hydrogens (tertiary/aromatic N) is 1. The van der Waals surface area contributed by atoms with E-state index in [0.717, 1.165) is 0 Å². The van der Waals surface area contributed by atoms with E-state index in [1.54, 1.807) is 0 Å². The lowest BCUT2D eigenvalue weighted by atomic mass is 10.3. The lowest BCUT2D eigenvalue weighted by molar-refractivity contribution is -0.389. The van der Waals surface area contributed by atoms with Crippen LogP contribution in [0.25, 0.3) is 0 Å². The minimum atomic E-state index is -3.30. The van der Waals surface area contributed by atoms with Gasteiger partial charge in [0, 0.05) is 0 Å². The highest BCUT2D eigenvalue weighted by Gasteiger charge is 2.23. The van der Waals surface area contributed by atoms with Crippen LogP contribution in [0.4, 0.5) is 19.0 Å². The zero-order valence-electron chi connectivity index (χ0n) is 6.46. The number of pyridine rings is 1. The second-order valence-electron chi connectivity index (χ2n) is 2.30. The van der Waals surface area contributed by atoms with Crippen molar-refractivity contribution < 1.29 is 18.1 Å². The summed E-state index contributed by atoms with van der Waals surface area (Å²) in [6.45, 7) is 0. The maximum atomic E-state index is 12.6. The van der Waals surface area contributed by atoms with Gasteiger partial charge in [-0.05, 0) is 4.92 Å². The first-order valence-electron chi connectivity index (χ1n) is 3.28. The van der Waals surface area contributed by atoms with Gasteiger partial charge in [-0.15, -0.1) is 0 Å². The third-order valence-electron chi connectivity index (χ3n) is 1.40. The first kappa shape index (κ1) is 10.2. The highest BCUT2D eigenvalue weighted by Crippen LogP contribution is 2.19. The number of alkyl halides is 2. The number of halogens is 3. The van der Waals surface area contributed by atoms with E-state index in [-0.39, 0.29) is 0 Å². The number of nitrogens with one attached hydrogen (secondary N) is 1. The van der Waals surface area contributed by atoms with Gasteiger partial charge in [-0.2, -0.15) is 4.39 Å². The van der Waals surface area contributed by atoms with Crippen molar-refractivity contribution in [3.05, 3.63) is 37.9 Å². The molecule has 1 heterocycles. The van der Waals surface area contributed by atoms with Gasteiger partial charge in [-0.25, -0.2) is 13.8 Å². The number of aromatic amines is 1. The average Bonchev–Trinajstić information content (AvgIpc) is 2.08. The molecule has 0 aromatic carbocycles. The van der Waals surface area contributed by atoms with Crippen LogP contribution < -0.4 is 5.43 Å². The molecule has 0 atom stereocenters. The lowest BCUT2D eigenvalue weighted by Gasteiger charge is -1.99. The Hall–Kier alpha value is -1.86. The van der Waals surface area contributed by atoms with E-state index in [9.17, 15) is 28.1 Å². The maximum absolute atomic E-state index is 12.6. The first-order chi connectivity index (χ1) is 6.43. The molecule has 0 radical (unpaired) electrons. The summed E-state index contributed by atoms with van der Waals surface area (Å²) in [7, 11) is 0. The molecule has 5 nitrogen and oxygen atoms in total. The second-order valence-corrected chi connectivity index (χ2v) is 2.30. The van der Waals surface area contributed by atoms with Crippen molar-refractivity contribution >= 4 is 5.82 Å². The van der Waals surface area contributed by atoms with Gasteiger partial charge in [0.25, 0.3) is 0 Å². The summed E-state index contributed by atoms with van der Waals surface area (Å²) < 4.78 is 36.7. The Bertz CT molecular complexity index is 429. The van der Waals surface area contributed by atoms with E-state index in [0.29, 0.717) is 6.07 Å². The molecule has 14 heavy (non-hydrogen) atoms. The largest absolute Gasteiger partial charge is 0.358 e. The fourth-order valence-electron chi connectivity index (χ4n) is 0.798. The summed E-state index contributed by atoms with van der Waals surface area (Å²) in [5, 5.41) is 10.1. The molecule has 8 heteroatoms. The van der Waals surface area contributed by atoms with Crippen molar-refractivity contribution in [2.24, 2.45) is 0 Å². The molecule has 1 N–H and O–H groups in total. The summed E-state index contributed by atoms with van der Waals surface area (Å²) in [6.07, 6.45) is -3.30. The van der Waals surface area contributed by atoms with Gasteiger partial charge in [0.05, 0.1) is 6.07 Å². The normalized spacial score (nSPS) is 10.6. The fraction of sp³-hybridized carbons (Fsp3) is 0.167. The average molecular weight is 208 g/mol. The molecule has 0 spiro atoms. The van der Waals surface area contributed by atoms with E-state index >= 15 is 0 Å². The Morgan fingerprint density at radius 2 is 2.07 bits per heavy atom. The molecule has 0 saturated heterocycles. The van der Waals surface area contributed by atoms with Gasteiger partial charge >= 0.3 is 12.2 Å². The molecular formula is C6H3F3N2O3. The molecular weight excluding hydrogens is 205 g/mol. The summed E-state index contributed by atoms with van der Waals surface area (Å²) in [5.74, 6) is -2.67. The van der Waals surface area contributed by atoms with Gasteiger partial charge in [0.15, 0.2) is 0 Å². The zero-order chi connectivity index (χ0) is 10.9. The maximum Gasteiger partial charge on any atom is 0.325 e. The number of hydrogen-bond acceptors (Lipinski definition) is 3.